The summed E-state index contributed by atoms with van der Waals surface area (Å²) in [6, 6.07) is 8.32. The smallest absolute Gasteiger partial charge is 0.262 e. The monoisotopic (exact) mass is 436 g/mol. The molecule has 0 fully saturated rings. The first-order valence-electron chi connectivity index (χ1n) is 6.05. The number of rotatable bonds is 3. The van der Waals surface area contributed by atoms with Crippen molar-refractivity contribution in [1.82, 2.24) is 0 Å². The Hall–Kier alpha value is -0.990. The van der Waals surface area contributed by atoms with Gasteiger partial charge in [-0.3, -0.25) is 4.72 Å². The molecular weight excluding hydrogens is 423 g/mol. The van der Waals surface area contributed by atoms with Crippen LogP contribution in [0.15, 0.2) is 35.2 Å². The van der Waals surface area contributed by atoms with Crippen molar-refractivity contribution >= 4 is 55.6 Å². The highest BCUT2D eigenvalue weighted by Gasteiger charge is 2.20. The highest BCUT2D eigenvalue weighted by atomic mass is 127. The van der Waals surface area contributed by atoms with Crippen molar-refractivity contribution in [3.63, 3.8) is 0 Å². The summed E-state index contributed by atoms with van der Waals surface area (Å²) >= 11 is 7.90. The minimum Gasteiger partial charge on any atom is -0.398 e. The van der Waals surface area contributed by atoms with Crippen LogP contribution in [0.5, 0.6) is 0 Å². The number of anilines is 2. The largest absolute Gasteiger partial charge is 0.398 e. The van der Waals surface area contributed by atoms with E-state index >= 15 is 0 Å². The second-order valence-corrected chi connectivity index (χ2v) is 7.96. The lowest BCUT2D eigenvalue weighted by molar-refractivity contribution is 0.600. The van der Waals surface area contributed by atoms with E-state index in [0.29, 0.717) is 22.0 Å². The molecular formula is C14H14ClIN2O2S. The Morgan fingerprint density at radius 2 is 1.86 bits per heavy atom. The lowest BCUT2D eigenvalue weighted by Crippen LogP contribution is -2.16. The number of halogens is 2. The minimum atomic E-state index is -3.70. The summed E-state index contributed by atoms with van der Waals surface area (Å²) in [6.07, 6.45) is 0. The van der Waals surface area contributed by atoms with Gasteiger partial charge in [0.2, 0.25) is 0 Å². The van der Waals surface area contributed by atoms with Gasteiger partial charge in [0.25, 0.3) is 10.0 Å². The van der Waals surface area contributed by atoms with E-state index in [2.05, 4.69) is 4.72 Å². The maximum absolute atomic E-state index is 12.6. The Bertz CT molecular complexity index is 807. The van der Waals surface area contributed by atoms with Gasteiger partial charge in [-0.1, -0.05) is 11.6 Å². The van der Waals surface area contributed by atoms with E-state index in [0.717, 1.165) is 9.13 Å². The van der Waals surface area contributed by atoms with Gasteiger partial charge in [-0.25, -0.2) is 8.42 Å². The molecule has 112 valence electrons. The van der Waals surface area contributed by atoms with Gasteiger partial charge < -0.3 is 5.73 Å². The Labute approximate surface area is 142 Å². The molecule has 3 N–H and O–H groups in total. The molecule has 2 aromatic carbocycles. The fraction of sp³-hybridized carbons (Fsp3) is 0.143. The fourth-order valence-corrected chi connectivity index (χ4v) is 4.53. The van der Waals surface area contributed by atoms with E-state index in [1.807, 2.05) is 22.6 Å². The molecule has 0 aliphatic carbocycles. The predicted octanol–water partition coefficient (Wildman–Crippen LogP) is 3.94. The molecule has 0 aromatic heterocycles. The standard InChI is InChI=1S/C14H14ClIN2O2S/c1-8-5-12(17)9(2)14(6-8)21(19,20)18-13-4-3-10(15)7-11(13)16/h3-7,18H,17H2,1-2H3. The molecule has 0 spiro atoms. The fourth-order valence-electron chi connectivity index (χ4n) is 1.90. The molecule has 0 saturated carbocycles. The van der Waals surface area contributed by atoms with Crippen molar-refractivity contribution in [2.24, 2.45) is 0 Å². The zero-order valence-corrected chi connectivity index (χ0v) is 15.2. The second kappa shape index (κ2) is 6.02. The van der Waals surface area contributed by atoms with Crippen LogP contribution in [0.4, 0.5) is 11.4 Å². The van der Waals surface area contributed by atoms with Crippen LogP contribution in [0, 0.1) is 17.4 Å². The summed E-state index contributed by atoms with van der Waals surface area (Å²) < 4.78 is 28.4. The maximum atomic E-state index is 12.6. The number of hydrogen-bond donors (Lipinski definition) is 2. The van der Waals surface area contributed by atoms with Crippen LogP contribution in [-0.2, 0) is 10.0 Å². The van der Waals surface area contributed by atoms with Gasteiger partial charge in [-0.15, -0.1) is 0 Å². The number of nitrogens with two attached hydrogens (primary N) is 1. The second-order valence-electron chi connectivity index (χ2n) is 4.71. The topological polar surface area (TPSA) is 72.2 Å². The van der Waals surface area contributed by atoms with Crippen LogP contribution >= 0.6 is 34.2 Å². The first-order chi connectivity index (χ1) is 9.70. The third-order valence-corrected chi connectivity index (χ3v) is 5.63. The van der Waals surface area contributed by atoms with Gasteiger partial charge in [0, 0.05) is 14.3 Å². The first-order valence-corrected chi connectivity index (χ1v) is 8.99. The summed E-state index contributed by atoms with van der Waals surface area (Å²) in [5, 5.41) is 0.554. The molecule has 7 heteroatoms. The summed E-state index contributed by atoms with van der Waals surface area (Å²) in [4.78, 5) is 0.186. The van der Waals surface area contributed by atoms with E-state index in [-0.39, 0.29) is 4.90 Å². The van der Waals surface area contributed by atoms with Crippen molar-refractivity contribution in [1.29, 1.82) is 0 Å². The van der Waals surface area contributed by atoms with Gasteiger partial charge >= 0.3 is 0 Å². The van der Waals surface area contributed by atoms with Gasteiger partial charge in [0.15, 0.2) is 0 Å². The van der Waals surface area contributed by atoms with E-state index in [9.17, 15) is 8.42 Å². The average Bonchev–Trinajstić information content (AvgIpc) is 2.37. The number of aryl methyl sites for hydroxylation is 1. The Kier molecular flexibility index (Phi) is 4.69. The number of hydrogen-bond acceptors (Lipinski definition) is 3. The maximum Gasteiger partial charge on any atom is 0.262 e. The highest BCUT2D eigenvalue weighted by molar-refractivity contribution is 14.1. The van der Waals surface area contributed by atoms with Crippen LogP contribution in [0.1, 0.15) is 11.1 Å². The van der Waals surface area contributed by atoms with Crippen LogP contribution in [-0.4, -0.2) is 8.42 Å². The van der Waals surface area contributed by atoms with Gasteiger partial charge in [-0.2, -0.15) is 0 Å². The molecule has 0 aliphatic heterocycles. The molecule has 0 unspecified atom stereocenters. The minimum absolute atomic E-state index is 0.186. The van der Waals surface area contributed by atoms with Crippen molar-refractivity contribution in [2.45, 2.75) is 18.7 Å². The quantitative estimate of drug-likeness (QED) is 0.565. The summed E-state index contributed by atoms with van der Waals surface area (Å²) in [5.41, 5.74) is 8.13. The van der Waals surface area contributed by atoms with Crippen LogP contribution in [0.25, 0.3) is 0 Å². The van der Waals surface area contributed by atoms with E-state index in [1.165, 1.54) is 0 Å². The lowest BCUT2D eigenvalue weighted by atomic mass is 10.1. The zero-order chi connectivity index (χ0) is 15.8. The Balaban J connectivity index is 2.48. The zero-order valence-electron chi connectivity index (χ0n) is 11.4. The SMILES string of the molecule is Cc1cc(N)c(C)c(S(=O)(=O)Nc2ccc(Cl)cc2I)c1. The van der Waals surface area contributed by atoms with E-state index < -0.39 is 10.0 Å². The normalized spacial score (nSPS) is 11.4. The Morgan fingerprint density at radius 3 is 2.48 bits per heavy atom. The molecule has 0 saturated heterocycles. The van der Waals surface area contributed by atoms with E-state index in [1.54, 1.807) is 44.2 Å². The van der Waals surface area contributed by atoms with Crippen molar-refractivity contribution in [3.8, 4) is 0 Å². The molecule has 0 amide bonds. The van der Waals surface area contributed by atoms with Gasteiger partial charge in [0.05, 0.1) is 10.6 Å². The van der Waals surface area contributed by atoms with Gasteiger partial charge in [0.1, 0.15) is 0 Å². The molecule has 4 nitrogen and oxygen atoms in total. The van der Waals surface area contributed by atoms with Crippen LogP contribution < -0.4 is 10.5 Å². The molecule has 21 heavy (non-hydrogen) atoms. The molecule has 0 atom stereocenters. The summed E-state index contributed by atoms with van der Waals surface area (Å²) in [6.45, 7) is 3.50. The molecule has 2 aromatic rings. The summed E-state index contributed by atoms with van der Waals surface area (Å²) in [5.74, 6) is 0. The number of sulfonamides is 1. The highest BCUT2D eigenvalue weighted by Crippen LogP contribution is 2.28. The number of nitrogen functional groups attached to an aromatic ring is 1. The molecule has 0 radical (unpaired) electrons. The Morgan fingerprint density at radius 1 is 1.19 bits per heavy atom. The molecule has 2 rings (SSSR count). The number of nitrogens with one attached hydrogen (secondary N) is 1. The molecule has 0 heterocycles. The van der Waals surface area contributed by atoms with Crippen molar-refractivity contribution in [3.05, 3.63) is 50.1 Å². The van der Waals surface area contributed by atoms with Gasteiger partial charge in [-0.05, 0) is 77.9 Å². The third kappa shape index (κ3) is 3.61. The average molecular weight is 437 g/mol. The predicted molar refractivity (Wildman–Crippen MR) is 95.3 cm³/mol. The van der Waals surface area contributed by atoms with E-state index in [4.69, 9.17) is 17.3 Å². The third-order valence-electron chi connectivity index (χ3n) is 3.01. The molecule has 0 aliphatic rings. The first kappa shape index (κ1) is 16.4. The van der Waals surface area contributed by atoms with Crippen LogP contribution in [0.2, 0.25) is 5.02 Å². The molecule has 0 bridgehead atoms. The van der Waals surface area contributed by atoms with Crippen molar-refractivity contribution in [2.75, 3.05) is 10.5 Å². The number of benzene rings is 2. The van der Waals surface area contributed by atoms with Crippen molar-refractivity contribution < 1.29 is 8.42 Å². The van der Waals surface area contributed by atoms with Crippen LogP contribution in [0.3, 0.4) is 0 Å². The summed E-state index contributed by atoms with van der Waals surface area (Å²) in [7, 11) is -3.70. The lowest BCUT2D eigenvalue weighted by Gasteiger charge is -2.14.